The van der Waals surface area contributed by atoms with Gasteiger partial charge in [0, 0.05) is 17.7 Å². The van der Waals surface area contributed by atoms with E-state index in [9.17, 15) is 10.1 Å². The third kappa shape index (κ3) is 2.95. The highest BCUT2D eigenvalue weighted by atomic mass is 16.6. The van der Waals surface area contributed by atoms with E-state index in [0.29, 0.717) is 0 Å². The number of hydrogen-bond acceptors (Lipinski definition) is 3. The highest BCUT2D eigenvalue weighted by Gasteiger charge is 2.24. The largest absolute Gasteiger partial charge is 0.324 e. The van der Waals surface area contributed by atoms with E-state index < -0.39 is 0 Å². The lowest BCUT2D eigenvalue weighted by molar-refractivity contribution is -0.385. The Bertz CT molecular complexity index is 471. The summed E-state index contributed by atoms with van der Waals surface area (Å²) in [6, 6.07) is 3.54. The summed E-state index contributed by atoms with van der Waals surface area (Å²) >= 11 is 0. The van der Waals surface area contributed by atoms with Gasteiger partial charge in [-0.25, -0.2) is 0 Å². The molecule has 2 rings (SSSR count). The van der Waals surface area contributed by atoms with Gasteiger partial charge < -0.3 is 5.73 Å². The first-order valence-corrected chi connectivity index (χ1v) is 7.19. The van der Waals surface area contributed by atoms with Crippen LogP contribution in [0.5, 0.6) is 0 Å². The van der Waals surface area contributed by atoms with Gasteiger partial charge in [-0.3, -0.25) is 10.1 Å². The maximum Gasteiger partial charge on any atom is 0.272 e. The van der Waals surface area contributed by atoms with Crippen molar-refractivity contribution in [3.63, 3.8) is 0 Å². The number of benzene rings is 1. The number of nitro groups is 1. The summed E-state index contributed by atoms with van der Waals surface area (Å²) in [6.45, 7) is 2.15. The van der Waals surface area contributed by atoms with Crippen molar-refractivity contribution < 1.29 is 4.92 Å². The first-order valence-electron chi connectivity index (χ1n) is 7.19. The van der Waals surface area contributed by atoms with Crippen LogP contribution in [0, 0.1) is 10.1 Å². The van der Waals surface area contributed by atoms with Crippen molar-refractivity contribution in [3.05, 3.63) is 38.9 Å². The zero-order valence-corrected chi connectivity index (χ0v) is 11.5. The van der Waals surface area contributed by atoms with Gasteiger partial charge in [-0.05, 0) is 43.2 Å². The Morgan fingerprint density at radius 3 is 2.63 bits per heavy atom. The average Bonchev–Trinajstić information content (AvgIpc) is 2.43. The minimum absolute atomic E-state index is 0.0209. The fraction of sp³-hybridized carbons (Fsp3) is 0.600. The fourth-order valence-electron chi connectivity index (χ4n) is 2.97. The normalized spacial score (nSPS) is 15.9. The maximum absolute atomic E-state index is 11.1. The molecule has 104 valence electrons. The molecule has 1 aliphatic rings. The predicted octanol–water partition coefficient (Wildman–Crippen LogP) is 3.66. The number of nitrogens with two attached hydrogens (primary N) is 1. The van der Waals surface area contributed by atoms with E-state index in [1.165, 1.54) is 0 Å². The quantitative estimate of drug-likeness (QED) is 0.650. The lowest BCUT2D eigenvalue weighted by Gasteiger charge is -2.22. The van der Waals surface area contributed by atoms with Crippen LogP contribution in [-0.4, -0.2) is 4.92 Å². The molecule has 0 radical (unpaired) electrons. The van der Waals surface area contributed by atoms with Crippen LogP contribution < -0.4 is 5.73 Å². The molecule has 0 saturated carbocycles. The van der Waals surface area contributed by atoms with Crippen molar-refractivity contribution in [2.75, 3.05) is 0 Å². The summed E-state index contributed by atoms with van der Waals surface area (Å²) in [5.74, 6) is 0. The van der Waals surface area contributed by atoms with E-state index in [0.717, 1.165) is 61.6 Å². The molecule has 1 atom stereocenters. The van der Waals surface area contributed by atoms with Crippen molar-refractivity contribution in [2.24, 2.45) is 5.73 Å². The van der Waals surface area contributed by atoms with Gasteiger partial charge in [0.25, 0.3) is 5.69 Å². The summed E-state index contributed by atoms with van der Waals surface area (Å²) in [5, 5.41) is 11.1. The molecule has 0 bridgehead atoms. The molecule has 1 aliphatic carbocycles. The van der Waals surface area contributed by atoms with Crippen LogP contribution in [0.1, 0.15) is 61.8 Å². The molecule has 0 saturated heterocycles. The summed E-state index contributed by atoms with van der Waals surface area (Å²) in [6.07, 6.45) is 7.10. The molecule has 2 N–H and O–H groups in total. The number of nitrogens with zero attached hydrogens (tertiary/aromatic N) is 1. The Morgan fingerprint density at radius 2 is 2.00 bits per heavy atom. The number of nitro benzene ring substituents is 1. The van der Waals surface area contributed by atoms with Gasteiger partial charge in [0.1, 0.15) is 0 Å². The molecule has 0 unspecified atom stereocenters. The van der Waals surface area contributed by atoms with Crippen LogP contribution in [0.15, 0.2) is 12.1 Å². The van der Waals surface area contributed by atoms with Crippen LogP contribution in [0.3, 0.4) is 0 Å². The Morgan fingerprint density at radius 1 is 1.32 bits per heavy atom. The summed E-state index contributed by atoms with van der Waals surface area (Å²) in [4.78, 5) is 10.8. The molecule has 19 heavy (non-hydrogen) atoms. The first kappa shape index (κ1) is 14.0. The van der Waals surface area contributed by atoms with Crippen LogP contribution in [0.4, 0.5) is 5.69 Å². The van der Waals surface area contributed by atoms with Crippen LogP contribution in [0.25, 0.3) is 0 Å². The van der Waals surface area contributed by atoms with E-state index in [1.54, 1.807) is 6.07 Å². The maximum atomic E-state index is 11.1. The first-order chi connectivity index (χ1) is 9.15. The Labute approximate surface area is 114 Å². The molecule has 0 amide bonds. The molecule has 0 fully saturated rings. The minimum Gasteiger partial charge on any atom is -0.324 e. The highest BCUT2D eigenvalue weighted by molar-refractivity contribution is 5.51. The van der Waals surface area contributed by atoms with Crippen molar-refractivity contribution in [2.45, 2.75) is 57.9 Å². The second-order valence-corrected chi connectivity index (χ2v) is 5.34. The van der Waals surface area contributed by atoms with E-state index in [2.05, 4.69) is 6.92 Å². The Hall–Kier alpha value is -1.42. The Kier molecular flexibility index (Phi) is 4.53. The molecule has 4 nitrogen and oxygen atoms in total. The average molecular weight is 262 g/mol. The number of unbranched alkanes of at least 4 members (excludes halogenated alkanes) is 1. The monoisotopic (exact) mass is 262 g/mol. The molecule has 1 aromatic rings. The molecule has 0 aliphatic heterocycles. The van der Waals surface area contributed by atoms with E-state index in [4.69, 9.17) is 5.73 Å². The molecule has 4 heteroatoms. The fourth-order valence-corrected chi connectivity index (χ4v) is 2.97. The van der Waals surface area contributed by atoms with Gasteiger partial charge in [-0.15, -0.1) is 0 Å². The van der Waals surface area contributed by atoms with Crippen molar-refractivity contribution in [1.29, 1.82) is 0 Å². The van der Waals surface area contributed by atoms with Crippen molar-refractivity contribution >= 4 is 5.69 Å². The molecular weight excluding hydrogens is 240 g/mol. The van der Waals surface area contributed by atoms with Gasteiger partial charge in [0.2, 0.25) is 0 Å². The Balaban J connectivity index is 2.37. The van der Waals surface area contributed by atoms with Crippen molar-refractivity contribution in [3.8, 4) is 0 Å². The van der Waals surface area contributed by atoms with E-state index in [1.807, 2.05) is 6.07 Å². The van der Waals surface area contributed by atoms with E-state index in [-0.39, 0.29) is 16.7 Å². The molecule has 0 aromatic heterocycles. The number of rotatable bonds is 5. The van der Waals surface area contributed by atoms with Crippen molar-refractivity contribution in [1.82, 2.24) is 0 Å². The SMILES string of the molecule is CCCC[C@H](N)c1ccc([N+](=O)[O-])c2c1CCCC2. The van der Waals surface area contributed by atoms with Gasteiger partial charge in [-0.1, -0.05) is 25.8 Å². The molecule has 1 aromatic carbocycles. The third-order valence-electron chi connectivity index (χ3n) is 4.01. The summed E-state index contributed by atoms with van der Waals surface area (Å²) < 4.78 is 0. The van der Waals surface area contributed by atoms with E-state index >= 15 is 0 Å². The number of fused-ring (bicyclic) bond motifs is 1. The summed E-state index contributed by atoms with van der Waals surface area (Å²) in [7, 11) is 0. The predicted molar refractivity (Wildman–Crippen MR) is 76.2 cm³/mol. The number of hydrogen-bond donors (Lipinski definition) is 1. The molecular formula is C15H22N2O2. The highest BCUT2D eigenvalue weighted by Crippen LogP contribution is 2.35. The second-order valence-electron chi connectivity index (χ2n) is 5.34. The zero-order chi connectivity index (χ0) is 13.8. The zero-order valence-electron chi connectivity index (χ0n) is 11.5. The lowest BCUT2D eigenvalue weighted by Crippen LogP contribution is -2.17. The summed E-state index contributed by atoms with van der Waals surface area (Å²) in [5.41, 5.74) is 9.76. The second kappa shape index (κ2) is 6.15. The van der Waals surface area contributed by atoms with Gasteiger partial charge in [0.15, 0.2) is 0 Å². The van der Waals surface area contributed by atoms with Crippen LogP contribution >= 0.6 is 0 Å². The van der Waals surface area contributed by atoms with Gasteiger partial charge in [-0.2, -0.15) is 0 Å². The van der Waals surface area contributed by atoms with Crippen LogP contribution in [0.2, 0.25) is 0 Å². The molecule has 0 spiro atoms. The van der Waals surface area contributed by atoms with Gasteiger partial charge in [0.05, 0.1) is 4.92 Å². The topological polar surface area (TPSA) is 69.2 Å². The third-order valence-corrected chi connectivity index (χ3v) is 4.01. The van der Waals surface area contributed by atoms with Crippen LogP contribution in [-0.2, 0) is 12.8 Å². The minimum atomic E-state index is -0.258. The lowest BCUT2D eigenvalue weighted by atomic mass is 9.84. The molecule has 0 heterocycles. The van der Waals surface area contributed by atoms with Gasteiger partial charge >= 0.3 is 0 Å². The smallest absolute Gasteiger partial charge is 0.272 e. The standard InChI is InChI=1S/C15H22N2O2/c1-2-3-8-14(16)12-9-10-15(17(18)19)13-7-5-4-6-11(12)13/h9-10,14H,2-8,16H2,1H3/t14-/m0/s1.